The highest BCUT2D eigenvalue weighted by Crippen LogP contribution is 2.62. The third kappa shape index (κ3) is 3.82. The molecule has 1 spiro atoms. The van der Waals surface area contributed by atoms with Crippen LogP contribution in [0.5, 0.6) is 0 Å². The van der Waals surface area contributed by atoms with Gasteiger partial charge < -0.3 is 19.9 Å². The number of carbonyl (C=O) groups is 2. The minimum Gasteiger partial charge on any atom is -0.444 e. The quantitative estimate of drug-likeness (QED) is 0.852. The zero-order valence-corrected chi connectivity index (χ0v) is 16.5. The van der Waals surface area contributed by atoms with Gasteiger partial charge in [0.25, 0.3) is 0 Å². The number of H-pyrrole nitrogens is 1. The van der Waals surface area contributed by atoms with Crippen molar-refractivity contribution in [2.24, 2.45) is 11.3 Å². The number of amides is 2. The lowest BCUT2D eigenvalue weighted by molar-refractivity contribution is -0.138. The first-order valence-electron chi connectivity index (χ1n) is 10.0. The summed E-state index contributed by atoms with van der Waals surface area (Å²) in [6, 6.07) is 0.163. The number of rotatable bonds is 3. The average molecular weight is 374 g/mol. The molecule has 2 saturated carbocycles. The number of alkyl carbamates (subject to hydrolysis) is 1. The molecule has 2 heterocycles. The van der Waals surface area contributed by atoms with Crippen LogP contribution in [0.3, 0.4) is 0 Å². The Labute approximate surface area is 160 Å². The van der Waals surface area contributed by atoms with Gasteiger partial charge in [0.05, 0.1) is 6.33 Å². The summed E-state index contributed by atoms with van der Waals surface area (Å²) in [5, 5.41) is 2.99. The van der Waals surface area contributed by atoms with E-state index in [9.17, 15) is 9.59 Å². The standard InChI is InChI=1S/C20H30N4O3/c1-19(2,3)27-18(26)23-14-4-6-20(7-5-14)8-15(20)17(25)24-10-13(11-24)16-9-21-12-22-16/h9,12-15H,4-8,10-11H2,1-3H3,(H,21,22)(H,23,26). The Hall–Kier alpha value is -2.05. The molecule has 3 fully saturated rings. The molecule has 7 heteroatoms. The Kier molecular flexibility index (Phi) is 4.43. The van der Waals surface area contributed by atoms with Gasteiger partial charge in [0, 0.05) is 42.9 Å². The van der Waals surface area contributed by atoms with Gasteiger partial charge in [-0.3, -0.25) is 4.79 Å². The lowest BCUT2D eigenvalue weighted by Gasteiger charge is -2.39. The van der Waals surface area contributed by atoms with E-state index in [1.54, 1.807) is 6.33 Å². The molecular weight excluding hydrogens is 344 g/mol. The number of nitrogens with zero attached hydrogens (tertiary/aromatic N) is 2. The number of hydrogen-bond donors (Lipinski definition) is 2. The molecule has 1 aromatic rings. The number of imidazole rings is 1. The molecule has 3 aliphatic rings. The molecule has 1 unspecified atom stereocenters. The van der Waals surface area contributed by atoms with Crippen LogP contribution in [0.15, 0.2) is 12.5 Å². The van der Waals surface area contributed by atoms with Crippen LogP contribution in [-0.4, -0.2) is 51.6 Å². The molecular formula is C20H30N4O3. The topological polar surface area (TPSA) is 87.3 Å². The van der Waals surface area contributed by atoms with E-state index in [2.05, 4.69) is 15.3 Å². The van der Waals surface area contributed by atoms with E-state index in [1.165, 1.54) is 0 Å². The number of aromatic amines is 1. The molecule has 2 aliphatic carbocycles. The summed E-state index contributed by atoms with van der Waals surface area (Å²) in [5.41, 5.74) is 0.833. The van der Waals surface area contributed by atoms with Crippen molar-refractivity contribution >= 4 is 12.0 Å². The summed E-state index contributed by atoms with van der Waals surface area (Å²) < 4.78 is 5.34. The molecule has 1 saturated heterocycles. The fraction of sp³-hybridized carbons (Fsp3) is 0.750. The Morgan fingerprint density at radius 2 is 2.00 bits per heavy atom. The monoisotopic (exact) mass is 374 g/mol. The van der Waals surface area contributed by atoms with Gasteiger partial charge >= 0.3 is 6.09 Å². The summed E-state index contributed by atoms with van der Waals surface area (Å²) in [6.07, 6.45) is 8.11. The lowest BCUT2D eigenvalue weighted by Crippen LogP contribution is -2.50. The lowest BCUT2D eigenvalue weighted by atomic mass is 9.81. The van der Waals surface area contributed by atoms with Gasteiger partial charge in [0.1, 0.15) is 5.60 Å². The van der Waals surface area contributed by atoms with E-state index in [0.717, 1.165) is 50.9 Å². The highest BCUT2D eigenvalue weighted by molar-refractivity contribution is 5.83. The molecule has 4 rings (SSSR count). The number of likely N-dealkylation sites (tertiary alicyclic amines) is 1. The SMILES string of the molecule is CC(C)(C)OC(=O)NC1CCC2(CC1)CC2C(=O)N1CC(c2cnc[nH]2)C1. The van der Waals surface area contributed by atoms with Gasteiger partial charge in [-0.25, -0.2) is 9.78 Å². The third-order valence-electron chi connectivity index (χ3n) is 6.34. The van der Waals surface area contributed by atoms with Gasteiger partial charge in [-0.2, -0.15) is 0 Å². The van der Waals surface area contributed by atoms with Crippen LogP contribution >= 0.6 is 0 Å². The maximum atomic E-state index is 12.8. The number of hydrogen-bond acceptors (Lipinski definition) is 4. The fourth-order valence-electron chi connectivity index (χ4n) is 4.63. The summed E-state index contributed by atoms with van der Waals surface area (Å²) >= 11 is 0. The molecule has 0 aromatic carbocycles. The molecule has 1 aliphatic heterocycles. The zero-order chi connectivity index (χ0) is 19.2. The van der Waals surface area contributed by atoms with Crippen molar-refractivity contribution in [3.05, 3.63) is 18.2 Å². The van der Waals surface area contributed by atoms with Crippen molar-refractivity contribution in [1.82, 2.24) is 20.2 Å². The van der Waals surface area contributed by atoms with E-state index < -0.39 is 5.60 Å². The molecule has 0 bridgehead atoms. The highest BCUT2D eigenvalue weighted by atomic mass is 16.6. The van der Waals surface area contributed by atoms with Gasteiger partial charge in [-0.05, 0) is 58.3 Å². The fourth-order valence-corrected chi connectivity index (χ4v) is 4.63. The molecule has 1 aromatic heterocycles. The van der Waals surface area contributed by atoms with Gasteiger partial charge in [0.15, 0.2) is 0 Å². The minimum atomic E-state index is -0.473. The maximum Gasteiger partial charge on any atom is 0.407 e. The van der Waals surface area contributed by atoms with Crippen molar-refractivity contribution < 1.29 is 14.3 Å². The number of ether oxygens (including phenoxy) is 1. The van der Waals surface area contributed by atoms with E-state index in [1.807, 2.05) is 31.9 Å². The first-order valence-corrected chi connectivity index (χ1v) is 10.0. The molecule has 27 heavy (non-hydrogen) atoms. The normalized spacial score (nSPS) is 30.7. The summed E-state index contributed by atoms with van der Waals surface area (Å²) in [6.45, 7) is 7.22. The van der Waals surface area contributed by atoms with Crippen molar-refractivity contribution in [3.63, 3.8) is 0 Å². The summed E-state index contributed by atoms with van der Waals surface area (Å²) in [4.78, 5) is 33.9. The molecule has 0 radical (unpaired) electrons. The Balaban J connectivity index is 1.21. The number of nitrogens with one attached hydrogen (secondary N) is 2. The number of carbonyl (C=O) groups excluding carboxylic acids is 2. The third-order valence-corrected chi connectivity index (χ3v) is 6.34. The number of aromatic nitrogens is 2. The zero-order valence-electron chi connectivity index (χ0n) is 16.5. The first-order chi connectivity index (χ1) is 12.8. The van der Waals surface area contributed by atoms with Crippen molar-refractivity contribution in [3.8, 4) is 0 Å². The largest absolute Gasteiger partial charge is 0.444 e. The van der Waals surface area contributed by atoms with Gasteiger partial charge in [-0.15, -0.1) is 0 Å². The van der Waals surface area contributed by atoms with Crippen LogP contribution in [0.1, 0.15) is 64.5 Å². The summed E-state index contributed by atoms with van der Waals surface area (Å²) in [7, 11) is 0. The van der Waals surface area contributed by atoms with Crippen LogP contribution < -0.4 is 5.32 Å². The molecule has 2 amide bonds. The van der Waals surface area contributed by atoms with E-state index in [4.69, 9.17) is 4.74 Å². The van der Waals surface area contributed by atoms with Crippen LogP contribution in [0.25, 0.3) is 0 Å². The van der Waals surface area contributed by atoms with E-state index in [-0.39, 0.29) is 23.5 Å². The first kappa shape index (κ1) is 18.3. The van der Waals surface area contributed by atoms with Crippen LogP contribution in [0.4, 0.5) is 4.79 Å². The smallest absolute Gasteiger partial charge is 0.407 e. The Morgan fingerprint density at radius 3 is 2.59 bits per heavy atom. The van der Waals surface area contributed by atoms with E-state index >= 15 is 0 Å². The van der Waals surface area contributed by atoms with Crippen molar-refractivity contribution in [1.29, 1.82) is 0 Å². The second kappa shape index (κ2) is 6.53. The second-order valence-electron chi connectivity index (χ2n) is 9.49. The average Bonchev–Trinajstić information content (AvgIpc) is 2.97. The minimum absolute atomic E-state index is 0.163. The van der Waals surface area contributed by atoms with Gasteiger partial charge in [-0.1, -0.05) is 0 Å². The Morgan fingerprint density at radius 1 is 1.30 bits per heavy atom. The highest BCUT2D eigenvalue weighted by Gasteiger charge is 2.60. The molecule has 7 nitrogen and oxygen atoms in total. The van der Waals surface area contributed by atoms with Gasteiger partial charge in [0.2, 0.25) is 5.91 Å². The second-order valence-corrected chi connectivity index (χ2v) is 9.49. The molecule has 2 N–H and O–H groups in total. The van der Waals surface area contributed by atoms with Crippen molar-refractivity contribution in [2.45, 2.75) is 70.4 Å². The maximum absolute atomic E-state index is 12.8. The van der Waals surface area contributed by atoms with Crippen LogP contribution in [0, 0.1) is 11.3 Å². The van der Waals surface area contributed by atoms with Crippen molar-refractivity contribution in [2.75, 3.05) is 13.1 Å². The summed E-state index contributed by atoms with van der Waals surface area (Å²) in [5.74, 6) is 0.909. The predicted molar refractivity (Wildman–Crippen MR) is 100 cm³/mol. The van der Waals surface area contributed by atoms with Crippen LogP contribution in [0.2, 0.25) is 0 Å². The Bertz CT molecular complexity index is 695. The molecule has 148 valence electrons. The molecule has 1 atom stereocenters. The van der Waals surface area contributed by atoms with E-state index in [0.29, 0.717) is 11.8 Å². The van der Waals surface area contributed by atoms with Crippen LogP contribution in [-0.2, 0) is 9.53 Å². The predicted octanol–water partition coefficient (Wildman–Crippen LogP) is 2.81.